The highest BCUT2D eigenvalue weighted by Crippen LogP contribution is 2.34. The molecule has 1 fully saturated rings. The van der Waals surface area contributed by atoms with Crippen LogP contribution < -0.4 is 9.80 Å². The molecule has 4 rings (SSSR count). The summed E-state index contributed by atoms with van der Waals surface area (Å²) >= 11 is 1.68. The molecule has 1 aliphatic heterocycles. The second-order valence-corrected chi connectivity index (χ2v) is 7.96. The van der Waals surface area contributed by atoms with Crippen LogP contribution in [-0.2, 0) is 6.18 Å². The number of thiazole rings is 1. The van der Waals surface area contributed by atoms with Gasteiger partial charge in [-0.2, -0.15) is 13.2 Å². The van der Waals surface area contributed by atoms with Crippen molar-refractivity contribution < 1.29 is 13.2 Å². The van der Waals surface area contributed by atoms with Crippen LogP contribution in [0.3, 0.4) is 0 Å². The van der Waals surface area contributed by atoms with Crippen molar-refractivity contribution in [2.45, 2.75) is 20.0 Å². The van der Waals surface area contributed by atoms with Crippen molar-refractivity contribution in [3.05, 3.63) is 53.1 Å². The molecule has 0 saturated carbocycles. The minimum absolute atomic E-state index is 0.598. The molecule has 0 spiro atoms. The number of piperazine rings is 1. The van der Waals surface area contributed by atoms with E-state index in [1.54, 1.807) is 17.4 Å². The molecule has 2 aromatic carbocycles. The van der Waals surface area contributed by atoms with Gasteiger partial charge in [0.1, 0.15) is 0 Å². The first-order valence-electron chi connectivity index (χ1n) is 8.86. The minimum Gasteiger partial charge on any atom is -0.368 e. The highest BCUT2D eigenvalue weighted by molar-refractivity contribution is 7.22. The summed E-state index contributed by atoms with van der Waals surface area (Å²) in [5.41, 5.74) is 3.47. The van der Waals surface area contributed by atoms with Gasteiger partial charge in [-0.3, -0.25) is 0 Å². The average Bonchev–Trinajstić information content (AvgIpc) is 3.06. The van der Waals surface area contributed by atoms with E-state index in [9.17, 15) is 13.2 Å². The Morgan fingerprint density at radius 1 is 0.963 bits per heavy atom. The molecule has 142 valence electrons. The van der Waals surface area contributed by atoms with Crippen molar-refractivity contribution in [2.75, 3.05) is 36.0 Å². The number of anilines is 2. The van der Waals surface area contributed by atoms with Crippen molar-refractivity contribution in [1.29, 1.82) is 0 Å². The summed E-state index contributed by atoms with van der Waals surface area (Å²) in [5, 5.41) is 0.988. The lowest BCUT2D eigenvalue weighted by Crippen LogP contribution is -2.46. The fraction of sp³-hybridized carbons (Fsp3) is 0.350. The summed E-state index contributed by atoms with van der Waals surface area (Å²) in [7, 11) is 0. The summed E-state index contributed by atoms with van der Waals surface area (Å²) in [5.74, 6) is 0. The molecule has 7 heteroatoms. The summed E-state index contributed by atoms with van der Waals surface area (Å²) in [6.45, 7) is 7.00. The van der Waals surface area contributed by atoms with Gasteiger partial charge in [0.2, 0.25) is 0 Å². The first-order chi connectivity index (χ1) is 12.8. The normalized spacial score (nSPS) is 15.6. The number of aryl methyl sites for hydroxylation is 2. The van der Waals surface area contributed by atoms with Crippen LogP contribution in [0.2, 0.25) is 0 Å². The number of alkyl halides is 3. The lowest BCUT2D eigenvalue weighted by molar-refractivity contribution is -0.137. The van der Waals surface area contributed by atoms with Gasteiger partial charge in [0.25, 0.3) is 0 Å². The number of rotatable bonds is 2. The Morgan fingerprint density at radius 2 is 1.67 bits per heavy atom. The lowest BCUT2D eigenvalue weighted by Gasteiger charge is -2.36. The smallest absolute Gasteiger partial charge is 0.368 e. The van der Waals surface area contributed by atoms with Gasteiger partial charge in [-0.15, -0.1) is 0 Å². The van der Waals surface area contributed by atoms with Crippen LogP contribution in [0.1, 0.15) is 16.7 Å². The topological polar surface area (TPSA) is 19.4 Å². The number of hydrogen-bond donors (Lipinski definition) is 0. The van der Waals surface area contributed by atoms with Crippen molar-refractivity contribution in [1.82, 2.24) is 4.98 Å². The van der Waals surface area contributed by atoms with Gasteiger partial charge in [0.05, 0.1) is 15.8 Å². The highest BCUT2D eigenvalue weighted by Gasteiger charge is 2.31. The Hall–Kier alpha value is -2.28. The number of hydrogen-bond acceptors (Lipinski definition) is 4. The van der Waals surface area contributed by atoms with Crippen LogP contribution in [0.4, 0.5) is 24.0 Å². The van der Waals surface area contributed by atoms with Gasteiger partial charge < -0.3 is 9.80 Å². The molecule has 0 bridgehead atoms. The SMILES string of the molecule is Cc1cc(C)c2nc(N3CCN(c4cccc(C(F)(F)F)c4)CC3)sc2c1. The molecule has 0 radical (unpaired) electrons. The Bertz CT molecular complexity index is 972. The third-order valence-electron chi connectivity index (χ3n) is 4.91. The molecule has 1 saturated heterocycles. The van der Waals surface area contributed by atoms with E-state index >= 15 is 0 Å². The van der Waals surface area contributed by atoms with Crippen LogP contribution >= 0.6 is 11.3 Å². The molecule has 0 amide bonds. The van der Waals surface area contributed by atoms with Crippen LogP contribution in [0, 0.1) is 13.8 Å². The minimum atomic E-state index is -4.31. The number of fused-ring (bicyclic) bond motifs is 1. The largest absolute Gasteiger partial charge is 0.416 e. The average molecular weight is 391 g/mol. The Balaban J connectivity index is 1.50. The second kappa shape index (κ2) is 6.71. The zero-order chi connectivity index (χ0) is 19.2. The van der Waals surface area contributed by atoms with Crippen LogP contribution in [-0.4, -0.2) is 31.2 Å². The van der Waals surface area contributed by atoms with E-state index < -0.39 is 11.7 Å². The molecule has 27 heavy (non-hydrogen) atoms. The maximum Gasteiger partial charge on any atom is 0.416 e. The fourth-order valence-corrected chi connectivity index (χ4v) is 4.72. The van der Waals surface area contributed by atoms with E-state index in [2.05, 4.69) is 30.9 Å². The van der Waals surface area contributed by atoms with Gasteiger partial charge >= 0.3 is 6.18 Å². The number of aromatic nitrogens is 1. The monoisotopic (exact) mass is 391 g/mol. The van der Waals surface area contributed by atoms with E-state index in [1.807, 2.05) is 4.90 Å². The van der Waals surface area contributed by atoms with Crippen molar-refractivity contribution >= 4 is 32.4 Å². The van der Waals surface area contributed by atoms with Gasteiger partial charge in [0, 0.05) is 31.9 Å². The predicted molar refractivity (Wildman–Crippen MR) is 105 cm³/mol. The molecular formula is C20H20F3N3S. The molecule has 0 N–H and O–H groups in total. The Morgan fingerprint density at radius 3 is 2.37 bits per heavy atom. The van der Waals surface area contributed by atoms with E-state index in [0.29, 0.717) is 18.8 Å². The molecule has 0 atom stereocenters. The third kappa shape index (κ3) is 3.60. The van der Waals surface area contributed by atoms with Gasteiger partial charge in [-0.25, -0.2) is 4.98 Å². The highest BCUT2D eigenvalue weighted by atomic mass is 32.1. The summed E-state index contributed by atoms with van der Waals surface area (Å²) in [4.78, 5) is 9.03. The predicted octanol–water partition coefficient (Wildman–Crippen LogP) is 5.26. The number of nitrogens with zero attached hydrogens (tertiary/aromatic N) is 3. The van der Waals surface area contributed by atoms with E-state index in [0.717, 1.165) is 29.8 Å². The van der Waals surface area contributed by atoms with E-state index in [1.165, 1.54) is 28.0 Å². The molecule has 1 aromatic heterocycles. The zero-order valence-corrected chi connectivity index (χ0v) is 16.0. The molecule has 2 heterocycles. The molecule has 0 unspecified atom stereocenters. The molecule has 0 aliphatic carbocycles. The van der Waals surface area contributed by atoms with E-state index in [-0.39, 0.29) is 0 Å². The van der Waals surface area contributed by atoms with Gasteiger partial charge in [0.15, 0.2) is 5.13 Å². The van der Waals surface area contributed by atoms with E-state index in [4.69, 9.17) is 4.98 Å². The Kier molecular flexibility index (Phi) is 4.50. The Labute approximate surface area is 160 Å². The van der Waals surface area contributed by atoms with Gasteiger partial charge in [-0.05, 0) is 49.2 Å². The number of halogens is 3. The number of benzene rings is 2. The van der Waals surface area contributed by atoms with Crippen molar-refractivity contribution in [2.24, 2.45) is 0 Å². The standard InChI is InChI=1S/C20H20F3N3S/c1-13-10-14(2)18-17(11-13)27-19(24-18)26-8-6-25(7-9-26)16-5-3-4-15(12-16)20(21,22)23/h3-5,10-12H,6-9H2,1-2H3. The fourth-order valence-electron chi connectivity index (χ4n) is 3.53. The molecule has 1 aliphatic rings. The first-order valence-corrected chi connectivity index (χ1v) is 9.68. The third-order valence-corrected chi connectivity index (χ3v) is 5.97. The maximum absolute atomic E-state index is 12.9. The zero-order valence-electron chi connectivity index (χ0n) is 15.2. The van der Waals surface area contributed by atoms with Crippen LogP contribution in [0.15, 0.2) is 36.4 Å². The van der Waals surface area contributed by atoms with Crippen LogP contribution in [0.25, 0.3) is 10.2 Å². The summed E-state index contributed by atoms with van der Waals surface area (Å²) in [6.07, 6.45) is -4.31. The summed E-state index contributed by atoms with van der Waals surface area (Å²) in [6, 6.07) is 9.86. The van der Waals surface area contributed by atoms with Crippen molar-refractivity contribution in [3.63, 3.8) is 0 Å². The lowest BCUT2D eigenvalue weighted by atomic mass is 10.1. The molecule has 3 aromatic rings. The molecule has 3 nitrogen and oxygen atoms in total. The second-order valence-electron chi connectivity index (χ2n) is 6.95. The maximum atomic E-state index is 12.9. The van der Waals surface area contributed by atoms with Crippen LogP contribution in [0.5, 0.6) is 0 Å². The quantitative estimate of drug-likeness (QED) is 0.594. The first kappa shape index (κ1) is 18.1. The van der Waals surface area contributed by atoms with Crippen molar-refractivity contribution in [3.8, 4) is 0 Å². The van der Waals surface area contributed by atoms with Gasteiger partial charge in [-0.1, -0.05) is 23.5 Å². The molecular weight excluding hydrogens is 371 g/mol. The summed E-state index contributed by atoms with van der Waals surface area (Å²) < 4.78 is 40.0.